The Balaban J connectivity index is 1.62. The molecule has 0 saturated heterocycles. The Morgan fingerprint density at radius 1 is 1.40 bits per heavy atom. The number of fused-ring (bicyclic) bond motifs is 1. The van der Waals surface area contributed by atoms with Gasteiger partial charge in [0.25, 0.3) is 0 Å². The molecule has 0 aliphatic heterocycles. The van der Waals surface area contributed by atoms with Crippen molar-refractivity contribution < 1.29 is 4.74 Å². The minimum Gasteiger partial charge on any atom is -0.481 e. The van der Waals surface area contributed by atoms with Crippen LogP contribution in [0.4, 0.5) is 0 Å². The number of hydrogen-bond acceptors (Lipinski definition) is 4. The first kappa shape index (κ1) is 13.6. The number of ether oxygens (including phenoxy) is 1. The van der Waals surface area contributed by atoms with Gasteiger partial charge in [-0.2, -0.15) is 5.10 Å². The third kappa shape index (κ3) is 2.47. The van der Waals surface area contributed by atoms with E-state index in [1.54, 1.807) is 22.2 Å². The topological polar surface area (TPSA) is 39.1 Å². The fourth-order valence-corrected chi connectivity index (χ4v) is 4.16. The molecular weight excluding hydrogens is 270 g/mol. The van der Waals surface area contributed by atoms with Gasteiger partial charge >= 0.3 is 0 Å². The standard InChI is InChI=1S/C15H21N3OS/c1-10-13(15(19-3)18(2)17-10)9-16-8-12-7-11-5-4-6-14(11)20-12/h7,16H,4-6,8-9H2,1-3H3. The molecule has 0 aromatic carbocycles. The Bertz CT molecular complexity index is 593. The van der Waals surface area contributed by atoms with Gasteiger partial charge in [0.2, 0.25) is 5.88 Å². The van der Waals surface area contributed by atoms with Crippen LogP contribution in [0.2, 0.25) is 0 Å². The van der Waals surface area contributed by atoms with E-state index in [9.17, 15) is 0 Å². The van der Waals surface area contributed by atoms with Gasteiger partial charge in [-0.3, -0.25) is 0 Å². The Morgan fingerprint density at radius 3 is 3.00 bits per heavy atom. The van der Waals surface area contributed by atoms with Gasteiger partial charge in [-0.1, -0.05) is 0 Å². The highest BCUT2D eigenvalue weighted by Gasteiger charge is 2.16. The Labute approximate surface area is 123 Å². The molecule has 0 bridgehead atoms. The van der Waals surface area contributed by atoms with Crippen LogP contribution in [0.3, 0.4) is 0 Å². The number of aryl methyl sites for hydroxylation is 4. The van der Waals surface area contributed by atoms with Crippen LogP contribution in [0.25, 0.3) is 0 Å². The molecule has 1 N–H and O–H groups in total. The van der Waals surface area contributed by atoms with E-state index in [0.717, 1.165) is 30.2 Å². The van der Waals surface area contributed by atoms with Gasteiger partial charge in [-0.05, 0) is 37.8 Å². The fourth-order valence-electron chi connectivity index (χ4n) is 2.93. The molecule has 108 valence electrons. The van der Waals surface area contributed by atoms with E-state index in [1.165, 1.54) is 24.1 Å². The van der Waals surface area contributed by atoms with Crippen molar-refractivity contribution in [1.82, 2.24) is 15.1 Å². The molecule has 0 amide bonds. The van der Waals surface area contributed by atoms with Gasteiger partial charge in [-0.15, -0.1) is 11.3 Å². The zero-order valence-corrected chi connectivity index (χ0v) is 13.1. The van der Waals surface area contributed by atoms with E-state index in [0.29, 0.717) is 0 Å². The van der Waals surface area contributed by atoms with E-state index >= 15 is 0 Å². The minimum absolute atomic E-state index is 0.797. The maximum Gasteiger partial charge on any atom is 0.216 e. The summed E-state index contributed by atoms with van der Waals surface area (Å²) in [6, 6.07) is 2.37. The molecule has 20 heavy (non-hydrogen) atoms. The molecule has 0 saturated carbocycles. The lowest BCUT2D eigenvalue weighted by Gasteiger charge is -2.06. The van der Waals surface area contributed by atoms with Crippen molar-refractivity contribution in [1.29, 1.82) is 0 Å². The second kappa shape index (κ2) is 5.58. The number of aromatic nitrogens is 2. The van der Waals surface area contributed by atoms with Gasteiger partial charge in [0.15, 0.2) is 0 Å². The molecule has 2 aromatic heterocycles. The minimum atomic E-state index is 0.797. The molecule has 0 fully saturated rings. The maximum atomic E-state index is 5.41. The first-order valence-electron chi connectivity index (χ1n) is 7.06. The zero-order valence-electron chi connectivity index (χ0n) is 12.3. The van der Waals surface area contributed by atoms with E-state index in [1.807, 2.05) is 25.3 Å². The predicted molar refractivity (Wildman–Crippen MR) is 81.4 cm³/mol. The molecule has 3 rings (SSSR count). The molecule has 4 nitrogen and oxygen atoms in total. The summed E-state index contributed by atoms with van der Waals surface area (Å²) in [5.74, 6) is 0.851. The van der Waals surface area contributed by atoms with Crippen LogP contribution < -0.4 is 10.1 Å². The Morgan fingerprint density at radius 2 is 2.25 bits per heavy atom. The second-order valence-corrected chi connectivity index (χ2v) is 6.54. The molecule has 2 aromatic rings. The highest BCUT2D eigenvalue weighted by Crippen LogP contribution is 2.30. The highest BCUT2D eigenvalue weighted by atomic mass is 32.1. The Hall–Kier alpha value is -1.33. The lowest BCUT2D eigenvalue weighted by molar-refractivity contribution is 0.368. The van der Waals surface area contributed by atoms with Gasteiger partial charge in [0, 0.05) is 29.9 Å². The summed E-state index contributed by atoms with van der Waals surface area (Å²) in [4.78, 5) is 3.03. The normalized spacial score (nSPS) is 13.8. The monoisotopic (exact) mass is 291 g/mol. The number of nitrogens with one attached hydrogen (secondary N) is 1. The van der Waals surface area contributed by atoms with Crippen molar-refractivity contribution in [3.63, 3.8) is 0 Å². The fraction of sp³-hybridized carbons (Fsp3) is 0.533. The largest absolute Gasteiger partial charge is 0.481 e. The predicted octanol–water partition coefficient (Wildman–Crippen LogP) is 2.58. The van der Waals surface area contributed by atoms with E-state index in [-0.39, 0.29) is 0 Å². The molecule has 0 radical (unpaired) electrons. The maximum absolute atomic E-state index is 5.41. The molecule has 1 aliphatic carbocycles. The molecule has 5 heteroatoms. The van der Waals surface area contributed by atoms with Gasteiger partial charge < -0.3 is 10.1 Å². The second-order valence-electron chi connectivity index (χ2n) is 5.32. The van der Waals surface area contributed by atoms with Crippen molar-refractivity contribution in [2.75, 3.05) is 7.11 Å². The van der Waals surface area contributed by atoms with Crippen molar-refractivity contribution in [2.24, 2.45) is 7.05 Å². The molecule has 0 unspecified atom stereocenters. The highest BCUT2D eigenvalue weighted by molar-refractivity contribution is 7.12. The quantitative estimate of drug-likeness (QED) is 0.920. The number of nitrogens with zero attached hydrogens (tertiary/aromatic N) is 2. The summed E-state index contributed by atoms with van der Waals surface area (Å²) in [5.41, 5.74) is 3.76. The smallest absolute Gasteiger partial charge is 0.216 e. The van der Waals surface area contributed by atoms with Crippen LogP contribution in [-0.2, 0) is 33.0 Å². The number of hydrogen-bond donors (Lipinski definition) is 1. The van der Waals surface area contributed by atoms with Gasteiger partial charge in [0.05, 0.1) is 18.4 Å². The summed E-state index contributed by atoms with van der Waals surface area (Å²) >= 11 is 1.96. The van der Waals surface area contributed by atoms with Crippen molar-refractivity contribution in [3.05, 3.63) is 32.6 Å². The number of rotatable bonds is 5. The molecule has 2 heterocycles. The first-order chi connectivity index (χ1) is 9.69. The summed E-state index contributed by atoms with van der Waals surface area (Å²) in [6.45, 7) is 3.75. The molecule has 1 aliphatic rings. The van der Waals surface area contributed by atoms with Crippen molar-refractivity contribution in [2.45, 2.75) is 39.3 Å². The van der Waals surface area contributed by atoms with E-state index in [2.05, 4.69) is 16.5 Å². The van der Waals surface area contributed by atoms with Crippen LogP contribution in [0.15, 0.2) is 6.07 Å². The summed E-state index contributed by atoms with van der Waals surface area (Å²) < 4.78 is 7.21. The van der Waals surface area contributed by atoms with Crippen LogP contribution >= 0.6 is 11.3 Å². The van der Waals surface area contributed by atoms with Crippen LogP contribution in [0, 0.1) is 6.92 Å². The number of thiophene rings is 1. The Kier molecular flexibility index (Phi) is 3.81. The zero-order chi connectivity index (χ0) is 14.1. The SMILES string of the molecule is COc1c(CNCc2cc3c(s2)CCC3)c(C)nn1C. The van der Waals surface area contributed by atoms with Crippen LogP contribution in [-0.4, -0.2) is 16.9 Å². The molecule has 0 atom stereocenters. The van der Waals surface area contributed by atoms with Gasteiger partial charge in [-0.25, -0.2) is 4.68 Å². The third-order valence-electron chi connectivity index (χ3n) is 3.88. The van der Waals surface area contributed by atoms with E-state index < -0.39 is 0 Å². The summed E-state index contributed by atoms with van der Waals surface area (Å²) in [5, 5.41) is 7.92. The van der Waals surface area contributed by atoms with Crippen LogP contribution in [0.5, 0.6) is 5.88 Å². The lowest BCUT2D eigenvalue weighted by Crippen LogP contribution is -2.13. The van der Waals surface area contributed by atoms with Crippen molar-refractivity contribution >= 4 is 11.3 Å². The van der Waals surface area contributed by atoms with Gasteiger partial charge in [0.1, 0.15) is 0 Å². The summed E-state index contributed by atoms with van der Waals surface area (Å²) in [7, 11) is 3.61. The van der Waals surface area contributed by atoms with Crippen molar-refractivity contribution in [3.8, 4) is 5.88 Å². The van der Waals surface area contributed by atoms with Crippen LogP contribution in [0.1, 0.15) is 33.0 Å². The summed E-state index contributed by atoms with van der Waals surface area (Å²) in [6.07, 6.45) is 3.87. The number of methoxy groups -OCH3 is 1. The average molecular weight is 291 g/mol. The molecular formula is C15H21N3OS. The molecule has 0 spiro atoms. The third-order valence-corrected chi connectivity index (χ3v) is 5.12. The van der Waals surface area contributed by atoms with E-state index in [4.69, 9.17) is 4.74 Å². The lowest BCUT2D eigenvalue weighted by atomic mass is 10.2. The average Bonchev–Trinajstić information content (AvgIpc) is 3.04. The first-order valence-corrected chi connectivity index (χ1v) is 7.88.